The molecule has 1 heterocycles. The first-order chi connectivity index (χ1) is 9.62. The number of halogens is 1. The van der Waals surface area contributed by atoms with Gasteiger partial charge in [-0.3, -0.25) is 0 Å². The molecule has 1 aromatic rings. The van der Waals surface area contributed by atoms with Crippen molar-refractivity contribution in [2.45, 2.75) is 63.7 Å². The zero-order chi connectivity index (χ0) is 15.8. The highest BCUT2D eigenvalue weighted by molar-refractivity contribution is 7.99. The molecule has 1 aliphatic rings. The van der Waals surface area contributed by atoms with Gasteiger partial charge in [-0.25, -0.2) is 4.39 Å². The molecule has 1 aliphatic heterocycles. The fourth-order valence-electron chi connectivity index (χ4n) is 2.10. The summed E-state index contributed by atoms with van der Waals surface area (Å²) in [6, 6.07) is 5.21. The van der Waals surface area contributed by atoms with E-state index < -0.39 is 18.3 Å². The van der Waals surface area contributed by atoms with Crippen molar-refractivity contribution < 1.29 is 13.7 Å². The van der Waals surface area contributed by atoms with Crippen LogP contribution in [0.1, 0.15) is 47.1 Å². The van der Waals surface area contributed by atoms with Crippen LogP contribution < -0.4 is 5.46 Å². The topological polar surface area (TPSA) is 18.5 Å². The molecule has 2 nitrogen and oxygen atoms in total. The Morgan fingerprint density at radius 3 is 2.24 bits per heavy atom. The fourth-order valence-corrected chi connectivity index (χ4v) is 2.80. The second-order valence-electron chi connectivity index (χ2n) is 6.80. The highest BCUT2D eigenvalue weighted by Gasteiger charge is 2.52. The third-order valence-electron chi connectivity index (χ3n) is 4.15. The zero-order valence-electron chi connectivity index (χ0n) is 13.7. The lowest BCUT2D eigenvalue weighted by molar-refractivity contribution is 0.00578. The van der Waals surface area contributed by atoms with Crippen molar-refractivity contribution in [3.05, 3.63) is 29.6 Å². The maximum Gasteiger partial charge on any atom is 0.497 e. The predicted octanol–water partition coefficient (Wildman–Crippen LogP) is 3.77. The van der Waals surface area contributed by atoms with Gasteiger partial charge in [0.05, 0.1) is 11.2 Å². The summed E-state index contributed by atoms with van der Waals surface area (Å²) >= 11 is 1.84. The van der Waals surface area contributed by atoms with E-state index >= 15 is 0 Å². The van der Waals surface area contributed by atoms with Gasteiger partial charge in [0.1, 0.15) is 5.82 Å². The second-order valence-corrected chi connectivity index (χ2v) is 8.37. The molecule has 0 N–H and O–H groups in total. The summed E-state index contributed by atoms with van der Waals surface area (Å²) in [5.74, 6) is 0.594. The highest BCUT2D eigenvalue weighted by Crippen LogP contribution is 2.36. The minimum atomic E-state index is -0.640. The van der Waals surface area contributed by atoms with E-state index in [4.69, 9.17) is 9.31 Å². The van der Waals surface area contributed by atoms with Crippen molar-refractivity contribution in [2.75, 3.05) is 0 Å². The average Bonchev–Trinajstić information content (AvgIpc) is 2.57. The van der Waals surface area contributed by atoms with Gasteiger partial charge in [0, 0.05) is 11.2 Å². The van der Waals surface area contributed by atoms with Crippen molar-refractivity contribution >= 4 is 24.3 Å². The molecule has 0 atom stereocenters. The first-order valence-electron chi connectivity index (χ1n) is 7.38. The van der Waals surface area contributed by atoms with Crippen LogP contribution in [0.5, 0.6) is 0 Å². The number of hydrogen-bond acceptors (Lipinski definition) is 3. The summed E-state index contributed by atoms with van der Waals surface area (Å²) in [6.45, 7) is 12.2. The van der Waals surface area contributed by atoms with Crippen molar-refractivity contribution in [1.29, 1.82) is 0 Å². The van der Waals surface area contributed by atoms with Crippen LogP contribution in [0.3, 0.4) is 0 Å². The largest absolute Gasteiger partial charge is 0.497 e. The van der Waals surface area contributed by atoms with Gasteiger partial charge in [0.2, 0.25) is 0 Å². The second kappa shape index (κ2) is 5.94. The standard InChI is InChI=1S/C16H24BFO2S/c1-11(2)21-10-12-7-8-14(18)13(9-12)17-19-15(3,4)16(5,6)20-17/h7-9,11H,10H2,1-6H3. The predicted molar refractivity (Wildman–Crippen MR) is 88.5 cm³/mol. The Hall–Kier alpha value is -0.515. The summed E-state index contributed by atoms with van der Waals surface area (Å²) < 4.78 is 26.0. The molecule has 1 fully saturated rings. The lowest BCUT2D eigenvalue weighted by Gasteiger charge is -2.32. The molecule has 1 aromatic carbocycles. The van der Waals surface area contributed by atoms with Gasteiger partial charge in [-0.1, -0.05) is 26.0 Å². The van der Waals surface area contributed by atoms with Crippen LogP contribution in [-0.4, -0.2) is 23.6 Å². The number of hydrogen-bond donors (Lipinski definition) is 0. The molecule has 21 heavy (non-hydrogen) atoms. The first kappa shape index (κ1) is 16.8. The van der Waals surface area contributed by atoms with E-state index in [1.165, 1.54) is 6.07 Å². The van der Waals surface area contributed by atoms with E-state index in [0.29, 0.717) is 10.7 Å². The molecule has 0 saturated carbocycles. The quantitative estimate of drug-likeness (QED) is 0.789. The number of thioether (sulfide) groups is 1. The smallest absolute Gasteiger partial charge is 0.399 e. The van der Waals surface area contributed by atoms with Crippen LogP contribution in [0.2, 0.25) is 0 Å². The van der Waals surface area contributed by atoms with Gasteiger partial charge in [0.25, 0.3) is 0 Å². The van der Waals surface area contributed by atoms with Crippen LogP contribution in [0.15, 0.2) is 18.2 Å². The Morgan fingerprint density at radius 1 is 1.14 bits per heavy atom. The minimum Gasteiger partial charge on any atom is -0.399 e. The molecule has 0 unspecified atom stereocenters. The van der Waals surface area contributed by atoms with Crippen molar-refractivity contribution in [1.82, 2.24) is 0 Å². The maximum atomic E-state index is 14.2. The normalized spacial score (nSPS) is 20.3. The summed E-state index contributed by atoms with van der Waals surface area (Å²) in [4.78, 5) is 0. The molecule has 0 amide bonds. The van der Waals surface area contributed by atoms with Crippen LogP contribution in [0.4, 0.5) is 4.39 Å². The van der Waals surface area contributed by atoms with Crippen LogP contribution >= 0.6 is 11.8 Å². The molecule has 0 radical (unpaired) electrons. The van der Waals surface area contributed by atoms with E-state index in [0.717, 1.165) is 11.3 Å². The number of benzene rings is 1. The van der Waals surface area contributed by atoms with E-state index in [2.05, 4.69) is 13.8 Å². The van der Waals surface area contributed by atoms with Gasteiger partial charge in [-0.2, -0.15) is 11.8 Å². The molecule has 0 spiro atoms. The van der Waals surface area contributed by atoms with Crippen molar-refractivity contribution in [3.63, 3.8) is 0 Å². The van der Waals surface area contributed by atoms with E-state index in [1.807, 2.05) is 51.6 Å². The van der Waals surface area contributed by atoms with Crippen LogP contribution in [-0.2, 0) is 15.1 Å². The Kier molecular flexibility index (Phi) is 4.76. The summed E-state index contributed by atoms with van der Waals surface area (Å²) in [7, 11) is -0.640. The molecular formula is C16H24BFO2S. The summed E-state index contributed by atoms with van der Waals surface area (Å²) in [5.41, 5.74) is 0.690. The molecule has 116 valence electrons. The Morgan fingerprint density at radius 2 is 1.71 bits per heavy atom. The maximum absolute atomic E-state index is 14.2. The summed E-state index contributed by atoms with van der Waals surface area (Å²) in [6.07, 6.45) is 0. The molecule has 2 rings (SSSR count). The van der Waals surface area contributed by atoms with Gasteiger partial charge >= 0.3 is 7.12 Å². The molecule has 0 bridgehead atoms. The fraction of sp³-hybridized carbons (Fsp3) is 0.625. The van der Waals surface area contributed by atoms with E-state index in [-0.39, 0.29) is 5.82 Å². The lowest BCUT2D eigenvalue weighted by Crippen LogP contribution is -2.41. The Labute approximate surface area is 131 Å². The molecular weight excluding hydrogens is 286 g/mol. The molecule has 5 heteroatoms. The third-order valence-corrected chi connectivity index (χ3v) is 5.32. The number of rotatable bonds is 4. The van der Waals surface area contributed by atoms with Gasteiger partial charge in [-0.05, 0) is 44.6 Å². The average molecular weight is 310 g/mol. The molecule has 0 aromatic heterocycles. The molecule has 1 saturated heterocycles. The Bertz CT molecular complexity index is 501. The monoisotopic (exact) mass is 310 g/mol. The van der Waals surface area contributed by atoms with Gasteiger partial charge in [-0.15, -0.1) is 0 Å². The zero-order valence-corrected chi connectivity index (χ0v) is 14.5. The van der Waals surface area contributed by atoms with Gasteiger partial charge in [0.15, 0.2) is 0 Å². The highest BCUT2D eigenvalue weighted by atomic mass is 32.2. The Balaban J connectivity index is 2.22. The summed E-state index contributed by atoms with van der Waals surface area (Å²) in [5, 5.41) is 0.551. The lowest BCUT2D eigenvalue weighted by atomic mass is 9.78. The molecule has 0 aliphatic carbocycles. The van der Waals surface area contributed by atoms with Crippen LogP contribution in [0.25, 0.3) is 0 Å². The van der Waals surface area contributed by atoms with E-state index in [9.17, 15) is 4.39 Å². The van der Waals surface area contributed by atoms with Crippen LogP contribution in [0, 0.1) is 5.82 Å². The van der Waals surface area contributed by atoms with Crippen molar-refractivity contribution in [2.24, 2.45) is 0 Å². The third kappa shape index (κ3) is 3.63. The minimum absolute atomic E-state index is 0.271. The van der Waals surface area contributed by atoms with Gasteiger partial charge < -0.3 is 9.31 Å². The van der Waals surface area contributed by atoms with Crippen molar-refractivity contribution in [3.8, 4) is 0 Å². The first-order valence-corrected chi connectivity index (χ1v) is 8.43. The van der Waals surface area contributed by atoms with E-state index in [1.54, 1.807) is 0 Å². The SMILES string of the molecule is CC(C)SCc1ccc(F)c(B2OC(C)(C)C(C)(C)O2)c1.